The number of hydrogen-bond donors (Lipinski definition) is 1. The van der Waals surface area contributed by atoms with Crippen LogP contribution in [0.5, 0.6) is 11.5 Å². The van der Waals surface area contributed by atoms with Crippen molar-refractivity contribution >= 4 is 11.3 Å². The monoisotopic (exact) mass is 268 g/mol. The van der Waals surface area contributed by atoms with Crippen LogP contribution in [0.25, 0.3) is 0 Å². The lowest BCUT2D eigenvalue weighted by atomic mass is 10.1. The van der Waals surface area contributed by atoms with Crippen LogP contribution in [0.4, 0.5) is 4.39 Å². The lowest BCUT2D eigenvalue weighted by molar-refractivity contribution is 0.217. The van der Waals surface area contributed by atoms with Crippen molar-refractivity contribution < 1.29 is 19.0 Å². The van der Waals surface area contributed by atoms with Crippen LogP contribution in [-0.4, -0.2) is 19.3 Å². The quantitative estimate of drug-likeness (QED) is 0.926. The average Bonchev–Trinajstić information content (AvgIpc) is 2.86. The van der Waals surface area contributed by atoms with Crippen molar-refractivity contribution in [2.45, 2.75) is 6.10 Å². The molecule has 2 aromatic rings. The van der Waals surface area contributed by atoms with Crippen molar-refractivity contribution in [1.82, 2.24) is 0 Å². The molecule has 1 aromatic carbocycles. The van der Waals surface area contributed by atoms with E-state index in [1.165, 1.54) is 36.6 Å². The third kappa shape index (κ3) is 2.47. The zero-order chi connectivity index (χ0) is 13.1. The fourth-order valence-corrected chi connectivity index (χ4v) is 2.51. The summed E-state index contributed by atoms with van der Waals surface area (Å²) in [5.74, 6) is 0.717. The number of rotatable bonds is 4. The number of methoxy groups -OCH3 is 2. The van der Waals surface area contributed by atoms with E-state index >= 15 is 0 Å². The van der Waals surface area contributed by atoms with Gasteiger partial charge in [0, 0.05) is 15.8 Å². The summed E-state index contributed by atoms with van der Waals surface area (Å²) in [6.07, 6.45) is -0.926. The van der Waals surface area contributed by atoms with Crippen LogP contribution in [0.3, 0.4) is 0 Å². The highest BCUT2D eigenvalue weighted by atomic mass is 32.1. The number of halogens is 1. The Hall–Kier alpha value is -1.59. The van der Waals surface area contributed by atoms with E-state index < -0.39 is 11.9 Å². The summed E-state index contributed by atoms with van der Waals surface area (Å²) in [7, 11) is 3.04. The Morgan fingerprint density at radius 1 is 1.22 bits per heavy atom. The Balaban J connectivity index is 2.38. The molecule has 5 heteroatoms. The molecular formula is C13H13FO3S. The van der Waals surface area contributed by atoms with E-state index in [2.05, 4.69) is 0 Å². The molecule has 1 aromatic heterocycles. The molecule has 0 aliphatic heterocycles. The molecule has 96 valence electrons. The molecule has 0 amide bonds. The van der Waals surface area contributed by atoms with Crippen LogP contribution in [0.2, 0.25) is 0 Å². The molecule has 0 saturated carbocycles. The van der Waals surface area contributed by atoms with Gasteiger partial charge in [0.2, 0.25) is 0 Å². The molecule has 1 N–H and O–H groups in total. The van der Waals surface area contributed by atoms with Crippen molar-refractivity contribution in [2.24, 2.45) is 0 Å². The number of hydrogen-bond acceptors (Lipinski definition) is 4. The normalized spacial score (nSPS) is 12.2. The highest BCUT2D eigenvalue weighted by Gasteiger charge is 2.18. The van der Waals surface area contributed by atoms with E-state index in [1.807, 2.05) is 0 Å². The predicted molar refractivity (Wildman–Crippen MR) is 67.9 cm³/mol. The molecule has 1 heterocycles. The Labute approximate surface area is 108 Å². The van der Waals surface area contributed by atoms with Gasteiger partial charge in [-0.3, -0.25) is 0 Å². The van der Waals surface area contributed by atoms with E-state index in [0.717, 1.165) is 0 Å². The van der Waals surface area contributed by atoms with E-state index in [9.17, 15) is 9.50 Å². The van der Waals surface area contributed by atoms with Crippen molar-refractivity contribution in [1.29, 1.82) is 0 Å². The van der Waals surface area contributed by atoms with Gasteiger partial charge in [-0.25, -0.2) is 4.39 Å². The molecule has 0 fully saturated rings. The van der Waals surface area contributed by atoms with Crippen LogP contribution in [0, 0.1) is 5.82 Å². The maximum atomic E-state index is 13.2. The number of ether oxygens (including phenoxy) is 2. The smallest absolute Gasteiger partial charge is 0.129 e. The van der Waals surface area contributed by atoms with Gasteiger partial charge in [0.05, 0.1) is 14.2 Å². The lowest BCUT2D eigenvalue weighted by Crippen LogP contribution is -2.01. The van der Waals surface area contributed by atoms with Gasteiger partial charge < -0.3 is 14.6 Å². The summed E-state index contributed by atoms with van der Waals surface area (Å²) in [5.41, 5.74) is 0.405. The first-order valence-corrected chi connectivity index (χ1v) is 6.17. The molecule has 2 rings (SSSR count). The maximum absolute atomic E-state index is 13.2. The maximum Gasteiger partial charge on any atom is 0.129 e. The molecule has 3 nitrogen and oxygen atoms in total. The van der Waals surface area contributed by atoms with Gasteiger partial charge >= 0.3 is 0 Å². The minimum absolute atomic E-state index is 0.405. The molecule has 0 spiro atoms. The van der Waals surface area contributed by atoms with Gasteiger partial charge in [-0.2, -0.15) is 0 Å². The molecule has 0 aliphatic rings. The zero-order valence-electron chi connectivity index (χ0n) is 10.0. The van der Waals surface area contributed by atoms with Gasteiger partial charge in [0.15, 0.2) is 0 Å². The summed E-state index contributed by atoms with van der Waals surface area (Å²) in [4.78, 5) is 0.677. The number of benzene rings is 1. The predicted octanol–water partition coefficient (Wildman–Crippen LogP) is 2.99. The van der Waals surface area contributed by atoms with Gasteiger partial charge in [-0.05, 0) is 24.3 Å². The average molecular weight is 268 g/mol. The van der Waals surface area contributed by atoms with Crippen molar-refractivity contribution in [3.8, 4) is 11.5 Å². The molecule has 1 atom stereocenters. The van der Waals surface area contributed by atoms with Gasteiger partial charge in [0.1, 0.15) is 23.4 Å². The lowest BCUT2D eigenvalue weighted by Gasteiger charge is -2.13. The minimum Gasteiger partial charge on any atom is -0.496 e. The second kappa shape index (κ2) is 5.37. The van der Waals surface area contributed by atoms with Crippen LogP contribution < -0.4 is 9.47 Å². The van der Waals surface area contributed by atoms with Gasteiger partial charge in [0.25, 0.3) is 0 Å². The first-order valence-electron chi connectivity index (χ1n) is 5.29. The molecule has 0 saturated heterocycles. The Morgan fingerprint density at radius 2 is 2.00 bits per heavy atom. The van der Waals surface area contributed by atoms with E-state index in [-0.39, 0.29) is 0 Å². The van der Waals surface area contributed by atoms with E-state index in [4.69, 9.17) is 9.47 Å². The number of aliphatic hydroxyl groups excluding tert-OH is 1. The topological polar surface area (TPSA) is 38.7 Å². The summed E-state index contributed by atoms with van der Waals surface area (Å²) < 4.78 is 23.4. The first-order chi connectivity index (χ1) is 8.65. The van der Waals surface area contributed by atoms with Crippen molar-refractivity contribution in [2.75, 3.05) is 14.2 Å². The third-order valence-corrected chi connectivity index (χ3v) is 3.55. The Bertz CT molecular complexity index is 539. The summed E-state index contributed by atoms with van der Waals surface area (Å²) >= 11 is 1.35. The van der Waals surface area contributed by atoms with Crippen LogP contribution in [0.1, 0.15) is 16.5 Å². The van der Waals surface area contributed by atoms with Gasteiger partial charge in [-0.1, -0.05) is 0 Å². The molecule has 18 heavy (non-hydrogen) atoms. The second-order valence-corrected chi connectivity index (χ2v) is 4.62. The minimum atomic E-state index is -0.926. The zero-order valence-corrected chi connectivity index (χ0v) is 10.8. The Kier molecular flexibility index (Phi) is 3.84. The van der Waals surface area contributed by atoms with Crippen LogP contribution >= 0.6 is 11.3 Å². The first kappa shape index (κ1) is 12.9. The SMILES string of the molecule is COc1csc(C(O)c2cc(F)ccc2OC)c1. The summed E-state index contributed by atoms with van der Waals surface area (Å²) in [5, 5.41) is 12.0. The summed E-state index contributed by atoms with van der Waals surface area (Å²) in [6, 6.07) is 5.79. The molecule has 0 radical (unpaired) electrons. The highest BCUT2D eigenvalue weighted by Crippen LogP contribution is 2.35. The molecular weight excluding hydrogens is 255 g/mol. The van der Waals surface area contributed by atoms with Crippen LogP contribution in [0.15, 0.2) is 29.6 Å². The van der Waals surface area contributed by atoms with E-state index in [0.29, 0.717) is 21.9 Å². The van der Waals surface area contributed by atoms with Crippen molar-refractivity contribution in [3.05, 3.63) is 45.9 Å². The second-order valence-electron chi connectivity index (χ2n) is 3.68. The Morgan fingerprint density at radius 3 is 2.61 bits per heavy atom. The molecule has 0 bridgehead atoms. The third-order valence-electron chi connectivity index (χ3n) is 2.59. The fraction of sp³-hybridized carbons (Fsp3) is 0.231. The van der Waals surface area contributed by atoms with Crippen LogP contribution in [-0.2, 0) is 0 Å². The van der Waals surface area contributed by atoms with E-state index in [1.54, 1.807) is 18.6 Å². The molecule has 0 aliphatic carbocycles. The summed E-state index contributed by atoms with van der Waals surface area (Å²) in [6.45, 7) is 0. The number of thiophene rings is 1. The largest absolute Gasteiger partial charge is 0.496 e. The standard InChI is InChI=1S/C13H13FO3S/c1-16-9-6-12(18-7-9)13(15)10-5-8(14)3-4-11(10)17-2/h3-7,13,15H,1-2H3. The number of aliphatic hydroxyl groups is 1. The highest BCUT2D eigenvalue weighted by molar-refractivity contribution is 7.10. The van der Waals surface area contributed by atoms with Crippen molar-refractivity contribution in [3.63, 3.8) is 0 Å². The molecule has 1 unspecified atom stereocenters. The fourth-order valence-electron chi connectivity index (χ4n) is 1.66. The van der Waals surface area contributed by atoms with Gasteiger partial charge in [-0.15, -0.1) is 11.3 Å².